The third kappa shape index (κ3) is 6.16. The molecule has 1 aliphatic rings. The Morgan fingerprint density at radius 2 is 1.88 bits per heavy atom. The number of rotatable bonds is 6. The SMILES string of the molecule is C=C(/C=C\C)c1cc2c([nH]1)CCNC2=O.C=C(C)c1cc(C)ccc1OCc1ccccc1C. The van der Waals surface area contributed by atoms with Gasteiger partial charge in [0.05, 0.1) is 5.56 Å². The minimum absolute atomic E-state index is 0.00651. The topological polar surface area (TPSA) is 54.1 Å². The lowest BCUT2D eigenvalue weighted by atomic mass is 10.0. The molecule has 0 spiro atoms. The summed E-state index contributed by atoms with van der Waals surface area (Å²) in [4.78, 5) is 14.7. The van der Waals surface area contributed by atoms with Crippen LogP contribution in [0.4, 0.5) is 0 Å². The van der Waals surface area contributed by atoms with E-state index in [2.05, 4.69) is 61.6 Å². The maximum Gasteiger partial charge on any atom is 0.253 e. The van der Waals surface area contributed by atoms with Gasteiger partial charge in [0.25, 0.3) is 5.91 Å². The number of aryl methyl sites for hydroxylation is 2. The highest BCUT2D eigenvalue weighted by atomic mass is 16.5. The molecule has 3 aromatic rings. The van der Waals surface area contributed by atoms with Gasteiger partial charge >= 0.3 is 0 Å². The number of hydrogen-bond acceptors (Lipinski definition) is 2. The smallest absolute Gasteiger partial charge is 0.253 e. The third-order valence-corrected chi connectivity index (χ3v) is 5.76. The normalized spacial score (nSPS) is 12.4. The van der Waals surface area contributed by atoms with Crippen molar-refractivity contribution in [2.75, 3.05) is 6.54 Å². The highest BCUT2D eigenvalue weighted by Crippen LogP contribution is 2.27. The summed E-state index contributed by atoms with van der Waals surface area (Å²) in [7, 11) is 0. The third-order valence-electron chi connectivity index (χ3n) is 5.76. The van der Waals surface area contributed by atoms with Gasteiger partial charge in [-0.25, -0.2) is 0 Å². The Morgan fingerprint density at radius 3 is 2.56 bits per heavy atom. The van der Waals surface area contributed by atoms with Gasteiger partial charge in [-0.3, -0.25) is 4.79 Å². The standard InChI is InChI=1S/C18H20O.C12H14N2O/c1-13(2)17-11-14(3)9-10-18(17)19-12-16-8-6-5-7-15(16)4;1-3-4-8(2)11-7-9-10(14-11)5-6-13-12(9)15/h5-11H,1,12H2,2-4H3;3-4,7,14H,2,5-6H2,1H3,(H,13,15)/b;4-3-. The molecule has 0 fully saturated rings. The second-order valence-corrected chi connectivity index (χ2v) is 8.60. The number of aromatic amines is 1. The molecule has 0 atom stereocenters. The molecule has 0 bridgehead atoms. The number of hydrogen-bond donors (Lipinski definition) is 2. The number of carbonyl (C=O) groups is 1. The zero-order valence-corrected chi connectivity index (χ0v) is 20.6. The Hall–Kier alpha value is -3.79. The van der Waals surface area contributed by atoms with Crippen molar-refractivity contribution in [3.8, 4) is 5.75 Å². The summed E-state index contributed by atoms with van der Waals surface area (Å²) < 4.78 is 5.96. The number of fused-ring (bicyclic) bond motifs is 1. The number of H-pyrrole nitrogens is 1. The van der Waals surface area contributed by atoms with Crippen LogP contribution in [-0.2, 0) is 13.0 Å². The largest absolute Gasteiger partial charge is 0.488 e. The van der Waals surface area contributed by atoms with Crippen LogP contribution in [0.3, 0.4) is 0 Å². The van der Waals surface area contributed by atoms with Gasteiger partial charge in [-0.2, -0.15) is 0 Å². The van der Waals surface area contributed by atoms with Crippen LogP contribution >= 0.6 is 0 Å². The van der Waals surface area contributed by atoms with E-state index in [1.807, 2.05) is 50.3 Å². The molecule has 0 unspecified atom stereocenters. The number of benzene rings is 2. The second kappa shape index (κ2) is 11.4. The average molecular weight is 455 g/mol. The van der Waals surface area contributed by atoms with Crippen LogP contribution in [0.2, 0.25) is 0 Å². The molecule has 1 amide bonds. The van der Waals surface area contributed by atoms with Crippen molar-refractivity contribution in [3.05, 3.63) is 113 Å². The van der Waals surface area contributed by atoms with Crippen molar-refractivity contribution in [1.29, 1.82) is 0 Å². The van der Waals surface area contributed by atoms with Crippen LogP contribution < -0.4 is 10.1 Å². The number of carbonyl (C=O) groups excluding carboxylic acids is 1. The molecule has 2 N–H and O–H groups in total. The minimum atomic E-state index is 0.00651. The number of ether oxygens (including phenoxy) is 1. The molecule has 0 radical (unpaired) electrons. The fourth-order valence-electron chi connectivity index (χ4n) is 3.79. The quantitative estimate of drug-likeness (QED) is 0.402. The predicted octanol–water partition coefficient (Wildman–Crippen LogP) is 6.81. The molecule has 4 heteroatoms. The Bertz CT molecular complexity index is 1230. The highest BCUT2D eigenvalue weighted by molar-refractivity contribution is 5.97. The Balaban J connectivity index is 0.000000196. The van der Waals surface area contributed by atoms with E-state index in [4.69, 9.17) is 4.74 Å². The van der Waals surface area contributed by atoms with E-state index in [-0.39, 0.29) is 5.91 Å². The minimum Gasteiger partial charge on any atom is -0.488 e. The first kappa shape index (κ1) is 24.8. The lowest BCUT2D eigenvalue weighted by Gasteiger charge is -2.13. The second-order valence-electron chi connectivity index (χ2n) is 8.60. The first-order chi connectivity index (χ1) is 16.3. The maximum absolute atomic E-state index is 11.5. The summed E-state index contributed by atoms with van der Waals surface area (Å²) >= 11 is 0. The lowest BCUT2D eigenvalue weighted by molar-refractivity contribution is 0.0946. The Labute approximate surface area is 203 Å². The summed E-state index contributed by atoms with van der Waals surface area (Å²) in [5, 5.41) is 2.82. The van der Waals surface area contributed by atoms with Gasteiger partial charge in [-0.05, 0) is 68.2 Å². The summed E-state index contributed by atoms with van der Waals surface area (Å²) in [6.07, 6.45) is 4.72. The number of allylic oxidation sites excluding steroid dienone is 4. The summed E-state index contributed by atoms with van der Waals surface area (Å²) in [6, 6.07) is 16.4. The zero-order valence-electron chi connectivity index (χ0n) is 20.6. The molecule has 1 aliphatic heterocycles. The van der Waals surface area contributed by atoms with Crippen molar-refractivity contribution in [3.63, 3.8) is 0 Å². The van der Waals surface area contributed by atoms with Gasteiger partial charge in [-0.15, -0.1) is 0 Å². The van der Waals surface area contributed by atoms with Crippen LogP contribution in [0.5, 0.6) is 5.75 Å². The molecule has 4 rings (SSSR count). The van der Waals surface area contributed by atoms with Gasteiger partial charge in [0.15, 0.2) is 0 Å². The van der Waals surface area contributed by atoms with E-state index in [1.165, 1.54) is 16.7 Å². The molecule has 1 aromatic heterocycles. The van der Waals surface area contributed by atoms with E-state index in [0.29, 0.717) is 13.2 Å². The van der Waals surface area contributed by atoms with Crippen molar-refractivity contribution in [2.24, 2.45) is 0 Å². The monoisotopic (exact) mass is 454 g/mol. The van der Waals surface area contributed by atoms with E-state index >= 15 is 0 Å². The van der Waals surface area contributed by atoms with E-state index in [1.54, 1.807) is 0 Å². The van der Waals surface area contributed by atoms with Crippen molar-refractivity contribution >= 4 is 17.1 Å². The highest BCUT2D eigenvalue weighted by Gasteiger charge is 2.19. The van der Waals surface area contributed by atoms with Gasteiger partial charge in [0, 0.05) is 29.9 Å². The number of amides is 1. The molecule has 34 heavy (non-hydrogen) atoms. The average Bonchev–Trinajstić information content (AvgIpc) is 3.26. The molecule has 0 saturated carbocycles. The van der Waals surface area contributed by atoms with Gasteiger partial charge in [-0.1, -0.05) is 61.2 Å². The molecular weight excluding hydrogens is 420 g/mol. The van der Waals surface area contributed by atoms with E-state index < -0.39 is 0 Å². The van der Waals surface area contributed by atoms with Crippen LogP contribution in [0.15, 0.2) is 73.8 Å². The van der Waals surface area contributed by atoms with Gasteiger partial charge < -0.3 is 15.0 Å². The molecule has 4 nitrogen and oxygen atoms in total. The van der Waals surface area contributed by atoms with Crippen LogP contribution in [0, 0.1) is 13.8 Å². The molecule has 2 heterocycles. The zero-order chi connectivity index (χ0) is 24.7. The maximum atomic E-state index is 11.5. The van der Waals surface area contributed by atoms with Crippen molar-refractivity contribution in [2.45, 2.75) is 40.7 Å². The molecule has 2 aromatic carbocycles. The van der Waals surface area contributed by atoms with Crippen molar-refractivity contribution in [1.82, 2.24) is 10.3 Å². The Kier molecular flexibility index (Phi) is 8.31. The number of nitrogens with one attached hydrogen (secondary N) is 2. The summed E-state index contributed by atoms with van der Waals surface area (Å²) in [5.41, 5.74) is 9.41. The molecule has 176 valence electrons. The predicted molar refractivity (Wildman–Crippen MR) is 142 cm³/mol. The summed E-state index contributed by atoms with van der Waals surface area (Å²) in [5.74, 6) is 0.911. The first-order valence-electron chi connectivity index (χ1n) is 11.6. The fourth-order valence-corrected chi connectivity index (χ4v) is 3.79. The summed E-state index contributed by atoms with van der Waals surface area (Å²) in [6.45, 7) is 17.4. The van der Waals surface area contributed by atoms with Crippen LogP contribution in [0.1, 0.15) is 57.8 Å². The fraction of sp³-hybridized carbons (Fsp3) is 0.233. The van der Waals surface area contributed by atoms with Gasteiger partial charge in [0.1, 0.15) is 12.4 Å². The lowest BCUT2D eigenvalue weighted by Crippen LogP contribution is -2.31. The molecule has 0 aliphatic carbocycles. The van der Waals surface area contributed by atoms with Crippen LogP contribution in [0.25, 0.3) is 11.1 Å². The first-order valence-corrected chi connectivity index (χ1v) is 11.6. The van der Waals surface area contributed by atoms with Crippen LogP contribution in [-0.4, -0.2) is 17.4 Å². The van der Waals surface area contributed by atoms with Crippen molar-refractivity contribution < 1.29 is 9.53 Å². The Morgan fingerprint density at radius 1 is 1.12 bits per heavy atom. The molecular formula is C30H34N2O2. The van der Waals surface area contributed by atoms with Gasteiger partial charge in [0.2, 0.25) is 0 Å². The van der Waals surface area contributed by atoms with E-state index in [0.717, 1.165) is 45.8 Å². The van der Waals surface area contributed by atoms with E-state index in [9.17, 15) is 4.79 Å². The molecule has 0 saturated heterocycles. The number of aromatic nitrogens is 1.